The van der Waals surface area contributed by atoms with Crippen LogP contribution in [0.25, 0.3) is 0 Å². The van der Waals surface area contributed by atoms with E-state index >= 15 is 0 Å². The third kappa shape index (κ3) is 2.89. The zero-order chi connectivity index (χ0) is 13.9. The largest absolute Gasteiger partial charge is 0.369 e. The minimum absolute atomic E-state index is 0.0251. The summed E-state index contributed by atoms with van der Waals surface area (Å²) in [7, 11) is 0. The Hall–Kier alpha value is -1.57. The monoisotopic (exact) mass is 263 g/mol. The van der Waals surface area contributed by atoms with E-state index in [4.69, 9.17) is 11.0 Å². The average Bonchev–Trinajstić information content (AvgIpc) is 2.88. The number of nitrogens with zero attached hydrogens (tertiary/aromatic N) is 2. The number of rotatable bonds is 3. The fraction of sp³-hybridized carbons (Fsp3) is 0.786. The smallest absolute Gasteiger partial charge is 0.224 e. The zero-order valence-electron chi connectivity index (χ0n) is 11.2. The molecule has 0 radical (unpaired) electrons. The number of carbonyl (C=O) groups excluding carboxylic acids is 2. The van der Waals surface area contributed by atoms with Gasteiger partial charge < -0.3 is 10.6 Å². The van der Waals surface area contributed by atoms with Gasteiger partial charge in [0.25, 0.3) is 0 Å². The van der Waals surface area contributed by atoms with Crippen LogP contribution in [0, 0.1) is 22.7 Å². The molecule has 0 unspecified atom stereocenters. The Balaban J connectivity index is 1.94. The molecule has 0 aromatic rings. The molecule has 2 rings (SSSR count). The van der Waals surface area contributed by atoms with Crippen LogP contribution in [0.4, 0.5) is 0 Å². The van der Waals surface area contributed by atoms with Crippen molar-refractivity contribution in [2.24, 2.45) is 17.1 Å². The van der Waals surface area contributed by atoms with Crippen molar-refractivity contribution in [1.29, 1.82) is 5.26 Å². The lowest BCUT2D eigenvalue weighted by Crippen LogP contribution is -2.44. The summed E-state index contributed by atoms with van der Waals surface area (Å²) in [5, 5.41) is 8.84. The first-order chi connectivity index (χ1) is 9.07. The summed E-state index contributed by atoms with van der Waals surface area (Å²) in [6.07, 6.45) is 5.17. The summed E-state index contributed by atoms with van der Waals surface area (Å²) in [4.78, 5) is 25.7. The third-order valence-corrected chi connectivity index (χ3v) is 4.60. The van der Waals surface area contributed by atoms with Crippen LogP contribution in [0.2, 0.25) is 0 Å². The van der Waals surface area contributed by atoms with Gasteiger partial charge >= 0.3 is 0 Å². The van der Waals surface area contributed by atoms with Crippen LogP contribution in [0.1, 0.15) is 44.9 Å². The van der Waals surface area contributed by atoms with E-state index in [1.807, 2.05) is 0 Å². The number of nitrogens with two attached hydrogens (primary N) is 1. The quantitative estimate of drug-likeness (QED) is 0.829. The first kappa shape index (κ1) is 13.9. The van der Waals surface area contributed by atoms with Crippen molar-refractivity contribution in [3.8, 4) is 6.07 Å². The first-order valence-corrected chi connectivity index (χ1v) is 7.05. The Bertz CT molecular complexity index is 399. The van der Waals surface area contributed by atoms with Crippen molar-refractivity contribution >= 4 is 11.8 Å². The summed E-state index contributed by atoms with van der Waals surface area (Å²) >= 11 is 0. The number of primary amides is 1. The van der Waals surface area contributed by atoms with E-state index < -0.39 is 5.41 Å². The molecule has 104 valence electrons. The molecule has 0 aromatic heterocycles. The van der Waals surface area contributed by atoms with Crippen molar-refractivity contribution < 1.29 is 9.59 Å². The van der Waals surface area contributed by atoms with Crippen LogP contribution >= 0.6 is 0 Å². The molecule has 5 heteroatoms. The number of carbonyl (C=O) groups is 2. The Morgan fingerprint density at radius 3 is 2.32 bits per heavy atom. The Labute approximate surface area is 113 Å². The molecule has 1 aliphatic heterocycles. The van der Waals surface area contributed by atoms with Gasteiger partial charge in [-0.1, -0.05) is 12.8 Å². The van der Waals surface area contributed by atoms with Gasteiger partial charge in [0.05, 0.1) is 11.5 Å². The predicted molar refractivity (Wildman–Crippen MR) is 69.6 cm³/mol. The van der Waals surface area contributed by atoms with Gasteiger partial charge in [0, 0.05) is 25.4 Å². The maximum Gasteiger partial charge on any atom is 0.224 e. The third-order valence-electron chi connectivity index (χ3n) is 4.60. The minimum Gasteiger partial charge on any atom is -0.369 e. The summed E-state index contributed by atoms with van der Waals surface area (Å²) in [6.45, 7) is 1.26. The zero-order valence-corrected chi connectivity index (χ0v) is 11.2. The van der Waals surface area contributed by atoms with Crippen molar-refractivity contribution in [2.75, 3.05) is 13.1 Å². The van der Waals surface area contributed by atoms with Crippen molar-refractivity contribution in [2.45, 2.75) is 44.9 Å². The number of piperidine rings is 1. The molecule has 2 fully saturated rings. The van der Waals surface area contributed by atoms with Crippen LogP contribution in [-0.4, -0.2) is 29.8 Å². The Morgan fingerprint density at radius 1 is 1.26 bits per heavy atom. The van der Waals surface area contributed by atoms with E-state index in [0.717, 1.165) is 38.5 Å². The fourth-order valence-corrected chi connectivity index (χ4v) is 3.22. The summed E-state index contributed by atoms with van der Waals surface area (Å²) in [5.74, 6) is -0.233. The molecule has 2 amide bonds. The van der Waals surface area contributed by atoms with Crippen molar-refractivity contribution in [3.05, 3.63) is 0 Å². The highest BCUT2D eigenvalue weighted by atomic mass is 16.2. The topological polar surface area (TPSA) is 87.2 Å². The van der Waals surface area contributed by atoms with Gasteiger partial charge in [-0.2, -0.15) is 5.26 Å². The number of hydrogen-bond donors (Lipinski definition) is 1. The normalized spacial score (nSPS) is 23.0. The van der Waals surface area contributed by atoms with Gasteiger partial charge in [-0.15, -0.1) is 0 Å². The van der Waals surface area contributed by atoms with E-state index in [9.17, 15) is 9.59 Å². The molecule has 1 aliphatic carbocycles. The van der Waals surface area contributed by atoms with E-state index in [1.54, 1.807) is 4.90 Å². The highest BCUT2D eigenvalue weighted by Gasteiger charge is 2.42. The van der Waals surface area contributed by atoms with Crippen LogP contribution < -0.4 is 5.73 Å². The number of hydrogen-bond acceptors (Lipinski definition) is 3. The molecule has 5 nitrogen and oxygen atoms in total. The van der Waals surface area contributed by atoms with Crippen LogP contribution in [-0.2, 0) is 9.59 Å². The molecule has 0 aromatic carbocycles. The Kier molecular flexibility index (Phi) is 4.08. The second-order valence-electron chi connectivity index (χ2n) is 5.81. The molecule has 1 heterocycles. The highest BCUT2D eigenvalue weighted by Crippen LogP contribution is 2.41. The van der Waals surface area contributed by atoms with Gasteiger partial charge in [0.2, 0.25) is 11.8 Å². The molecular weight excluding hydrogens is 242 g/mol. The van der Waals surface area contributed by atoms with Gasteiger partial charge in [-0.3, -0.25) is 9.59 Å². The summed E-state index contributed by atoms with van der Waals surface area (Å²) in [5.41, 5.74) is 4.89. The lowest BCUT2D eigenvalue weighted by atomic mass is 9.81. The van der Waals surface area contributed by atoms with Crippen molar-refractivity contribution in [1.82, 2.24) is 4.90 Å². The molecule has 1 saturated carbocycles. The van der Waals surface area contributed by atoms with E-state index in [-0.39, 0.29) is 24.2 Å². The lowest BCUT2D eigenvalue weighted by Gasteiger charge is -2.32. The van der Waals surface area contributed by atoms with Crippen LogP contribution in [0.3, 0.4) is 0 Å². The number of amides is 2. The predicted octanol–water partition coefficient (Wildman–Crippen LogP) is 1.18. The van der Waals surface area contributed by atoms with Gasteiger partial charge in [-0.25, -0.2) is 0 Å². The molecule has 0 bridgehead atoms. The molecule has 19 heavy (non-hydrogen) atoms. The van der Waals surface area contributed by atoms with E-state index in [2.05, 4.69) is 6.07 Å². The maximum absolute atomic E-state index is 12.3. The maximum atomic E-state index is 12.3. The average molecular weight is 263 g/mol. The van der Waals surface area contributed by atoms with Gasteiger partial charge in [-0.05, 0) is 25.7 Å². The van der Waals surface area contributed by atoms with E-state index in [0.29, 0.717) is 13.1 Å². The van der Waals surface area contributed by atoms with Crippen LogP contribution in [0.5, 0.6) is 0 Å². The summed E-state index contributed by atoms with van der Waals surface area (Å²) < 4.78 is 0. The second kappa shape index (κ2) is 5.60. The fourth-order valence-electron chi connectivity index (χ4n) is 3.22. The Morgan fingerprint density at radius 2 is 1.84 bits per heavy atom. The lowest BCUT2D eigenvalue weighted by molar-refractivity contribution is -0.140. The standard InChI is InChI=1S/C14H21N3O2/c15-10-11-3-7-17(8-4-11)12(18)9-14(13(16)19)5-1-2-6-14/h11H,1-9H2,(H2,16,19). The molecule has 2 aliphatic rings. The van der Waals surface area contributed by atoms with Crippen molar-refractivity contribution in [3.63, 3.8) is 0 Å². The molecule has 1 saturated heterocycles. The summed E-state index contributed by atoms with van der Waals surface area (Å²) in [6, 6.07) is 2.25. The molecule has 2 N–H and O–H groups in total. The SMILES string of the molecule is N#CC1CCN(C(=O)CC2(C(N)=O)CCCC2)CC1. The van der Waals surface area contributed by atoms with E-state index in [1.165, 1.54) is 0 Å². The van der Waals surface area contributed by atoms with Gasteiger partial charge in [0.15, 0.2) is 0 Å². The second-order valence-corrected chi connectivity index (χ2v) is 5.81. The van der Waals surface area contributed by atoms with Crippen LogP contribution in [0.15, 0.2) is 0 Å². The molecule has 0 atom stereocenters. The first-order valence-electron chi connectivity index (χ1n) is 7.05. The van der Waals surface area contributed by atoms with Gasteiger partial charge in [0.1, 0.15) is 0 Å². The number of likely N-dealkylation sites (tertiary alicyclic amines) is 1. The molecule has 0 spiro atoms. The highest BCUT2D eigenvalue weighted by molar-refractivity contribution is 5.88. The minimum atomic E-state index is -0.608. The number of nitriles is 1. The molecular formula is C14H21N3O2.